The van der Waals surface area contributed by atoms with Crippen LogP contribution in [0.2, 0.25) is 0 Å². The molecule has 0 amide bonds. The third-order valence-electron chi connectivity index (χ3n) is 13.2. The minimum absolute atomic E-state index is 0.222. The van der Waals surface area contributed by atoms with Crippen molar-refractivity contribution in [3.05, 3.63) is 242 Å². The lowest BCUT2D eigenvalue weighted by atomic mass is 9.81. The summed E-state index contributed by atoms with van der Waals surface area (Å²) in [6, 6.07) is 83.1. The highest BCUT2D eigenvalue weighted by molar-refractivity contribution is 6.07. The molecule has 0 saturated heterocycles. The van der Waals surface area contributed by atoms with E-state index < -0.39 is 0 Å². The Balaban J connectivity index is 0.991. The lowest BCUT2D eigenvalue weighted by Crippen LogP contribution is -2.20. The minimum atomic E-state index is -0.222. The quantitative estimate of drug-likeness (QED) is 0.152. The van der Waals surface area contributed by atoms with E-state index in [2.05, 4.69) is 254 Å². The SMILES string of the molecule is CC1(C)c2ccccc2-c2cccc(N(c3ccc(-c4ccc(-c5ccccc5)cc4)cc3)c3cc4c5c(cccc5c3)-c3cc(N(c5ccccc5)c5ccccc5)ccc3O4)c21. The molecule has 304 valence electrons. The summed E-state index contributed by atoms with van der Waals surface area (Å²) < 4.78 is 7.02. The van der Waals surface area contributed by atoms with Crippen molar-refractivity contribution in [2.24, 2.45) is 0 Å². The van der Waals surface area contributed by atoms with Crippen LogP contribution in [-0.2, 0) is 5.41 Å². The fraction of sp³-hybridized carbons (Fsp3) is 0.0492. The molecule has 10 aromatic rings. The Hall–Kier alpha value is -8.14. The second-order valence-electron chi connectivity index (χ2n) is 17.3. The molecule has 0 fully saturated rings. The van der Waals surface area contributed by atoms with Crippen molar-refractivity contribution in [2.75, 3.05) is 9.80 Å². The zero-order valence-electron chi connectivity index (χ0n) is 35.7. The van der Waals surface area contributed by atoms with Crippen LogP contribution in [-0.4, -0.2) is 0 Å². The van der Waals surface area contributed by atoms with Crippen molar-refractivity contribution < 1.29 is 4.74 Å². The third-order valence-corrected chi connectivity index (χ3v) is 13.2. The Kier molecular flexibility index (Phi) is 8.84. The number of ether oxygens (including phenoxy) is 1. The molecule has 0 aromatic heterocycles. The molecule has 0 N–H and O–H groups in total. The van der Waals surface area contributed by atoms with E-state index >= 15 is 0 Å². The van der Waals surface area contributed by atoms with Crippen molar-refractivity contribution >= 4 is 44.9 Å². The van der Waals surface area contributed by atoms with Crippen LogP contribution in [0.1, 0.15) is 25.0 Å². The minimum Gasteiger partial charge on any atom is -0.456 e. The maximum atomic E-state index is 7.02. The summed E-state index contributed by atoms with van der Waals surface area (Å²) in [6.45, 7) is 4.73. The van der Waals surface area contributed by atoms with Crippen molar-refractivity contribution in [1.82, 2.24) is 0 Å². The summed E-state index contributed by atoms with van der Waals surface area (Å²) >= 11 is 0. The van der Waals surface area contributed by atoms with Crippen LogP contribution in [0, 0.1) is 0 Å². The van der Waals surface area contributed by atoms with Crippen LogP contribution >= 0.6 is 0 Å². The number of para-hydroxylation sites is 2. The first-order chi connectivity index (χ1) is 31.5. The molecule has 3 nitrogen and oxygen atoms in total. The van der Waals surface area contributed by atoms with E-state index in [0.717, 1.165) is 67.5 Å². The molecular weight excluding hydrogens is 777 g/mol. The molecule has 1 aliphatic heterocycles. The number of hydrogen-bond acceptors (Lipinski definition) is 3. The van der Waals surface area contributed by atoms with E-state index in [1.165, 1.54) is 44.5 Å². The molecule has 64 heavy (non-hydrogen) atoms. The number of rotatable bonds is 8. The van der Waals surface area contributed by atoms with Gasteiger partial charge in [0, 0.05) is 45.2 Å². The van der Waals surface area contributed by atoms with Crippen LogP contribution in [0.5, 0.6) is 11.5 Å². The van der Waals surface area contributed by atoms with Crippen molar-refractivity contribution in [3.8, 4) is 56.0 Å². The van der Waals surface area contributed by atoms with Gasteiger partial charge in [-0.25, -0.2) is 0 Å². The van der Waals surface area contributed by atoms with E-state index in [9.17, 15) is 0 Å². The molecule has 0 saturated carbocycles. The number of fused-ring (bicyclic) bond motifs is 5. The van der Waals surface area contributed by atoms with E-state index in [4.69, 9.17) is 4.74 Å². The van der Waals surface area contributed by atoms with Crippen molar-refractivity contribution in [2.45, 2.75) is 19.3 Å². The van der Waals surface area contributed by atoms with Gasteiger partial charge in [0.15, 0.2) is 0 Å². The van der Waals surface area contributed by atoms with E-state index in [1.807, 2.05) is 0 Å². The Labute approximate surface area is 374 Å². The predicted molar refractivity (Wildman–Crippen MR) is 267 cm³/mol. The average molecular weight is 821 g/mol. The van der Waals surface area contributed by atoms with Crippen LogP contribution in [0.25, 0.3) is 55.3 Å². The number of nitrogens with zero attached hydrogens (tertiary/aromatic N) is 2. The number of anilines is 6. The zero-order valence-corrected chi connectivity index (χ0v) is 35.7. The molecule has 3 heteroatoms. The van der Waals surface area contributed by atoms with E-state index in [0.29, 0.717) is 0 Å². The molecule has 1 aliphatic carbocycles. The maximum Gasteiger partial charge on any atom is 0.138 e. The molecule has 1 heterocycles. The number of benzene rings is 10. The van der Waals surface area contributed by atoms with Gasteiger partial charge >= 0.3 is 0 Å². The summed E-state index contributed by atoms with van der Waals surface area (Å²) in [7, 11) is 0. The molecule has 0 bridgehead atoms. The second-order valence-corrected chi connectivity index (χ2v) is 17.3. The van der Waals surface area contributed by atoms with Gasteiger partial charge in [0.1, 0.15) is 11.5 Å². The lowest BCUT2D eigenvalue weighted by molar-refractivity contribution is 0.487. The first kappa shape index (κ1) is 37.6. The molecule has 12 rings (SSSR count). The van der Waals surface area contributed by atoms with Gasteiger partial charge in [-0.3, -0.25) is 0 Å². The summed E-state index contributed by atoms with van der Waals surface area (Å²) in [6.07, 6.45) is 0. The second kappa shape index (κ2) is 15.0. The summed E-state index contributed by atoms with van der Waals surface area (Å²) in [4.78, 5) is 4.75. The topological polar surface area (TPSA) is 15.7 Å². The van der Waals surface area contributed by atoms with Gasteiger partial charge in [0.05, 0.1) is 11.4 Å². The average Bonchev–Trinajstić information content (AvgIpc) is 3.59. The Morgan fingerprint density at radius 3 is 1.56 bits per heavy atom. The highest BCUT2D eigenvalue weighted by Gasteiger charge is 2.39. The largest absolute Gasteiger partial charge is 0.456 e. The number of hydrogen-bond donors (Lipinski definition) is 0. The van der Waals surface area contributed by atoms with Crippen LogP contribution in [0.4, 0.5) is 34.1 Å². The van der Waals surface area contributed by atoms with Crippen LogP contribution in [0.3, 0.4) is 0 Å². The molecule has 0 spiro atoms. The first-order valence-electron chi connectivity index (χ1n) is 22.1. The molecule has 0 unspecified atom stereocenters. The standard InChI is InChI=1S/C61H44N2O/c1-61(2)55-26-13-12-23-51(55)53-25-15-27-56(60(53)61)63(48-34-32-44(33-35-48)43-30-28-42(29-31-43)41-16-6-3-7-17-41)50-38-45-18-14-24-52-54-39-49(36-37-57(54)64-58(40-50)59(45)52)62(46-19-8-4-9-20-46)47-21-10-5-11-22-47/h3-40H,1-2H3. The van der Waals surface area contributed by atoms with Crippen molar-refractivity contribution in [1.29, 1.82) is 0 Å². The third kappa shape index (κ3) is 6.20. The highest BCUT2D eigenvalue weighted by Crippen LogP contribution is 2.56. The van der Waals surface area contributed by atoms with E-state index in [1.54, 1.807) is 0 Å². The fourth-order valence-corrected chi connectivity index (χ4v) is 10.2. The normalized spacial score (nSPS) is 12.8. The van der Waals surface area contributed by atoms with Gasteiger partial charge in [0.25, 0.3) is 0 Å². The Morgan fingerprint density at radius 1 is 0.344 bits per heavy atom. The smallest absolute Gasteiger partial charge is 0.138 e. The van der Waals surface area contributed by atoms with Gasteiger partial charge in [-0.2, -0.15) is 0 Å². The monoisotopic (exact) mass is 820 g/mol. The summed E-state index contributed by atoms with van der Waals surface area (Å²) in [5.41, 5.74) is 18.6. The molecule has 0 atom stereocenters. The van der Waals surface area contributed by atoms with Gasteiger partial charge in [-0.1, -0.05) is 172 Å². The molecule has 2 aliphatic rings. The van der Waals surface area contributed by atoms with E-state index in [-0.39, 0.29) is 5.41 Å². The lowest BCUT2D eigenvalue weighted by Gasteiger charge is -2.33. The highest BCUT2D eigenvalue weighted by atomic mass is 16.5. The summed E-state index contributed by atoms with van der Waals surface area (Å²) in [5.74, 6) is 1.69. The van der Waals surface area contributed by atoms with Gasteiger partial charge in [0.2, 0.25) is 0 Å². The molecule has 10 aromatic carbocycles. The van der Waals surface area contributed by atoms with Crippen molar-refractivity contribution in [3.63, 3.8) is 0 Å². The first-order valence-corrected chi connectivity index (χ1v) is 22.1. The van der Waals surface area contributed by atoms with Gasteiger partial charge in [-0.15, -0.1) is 0 Å². The van der Waals surface area contributed by atoms with Crippen LogP contribution in [0.15, 0.2) is 231 Å². The zero-order chi connectivity index (χ0) is 42.8. The Morgan fingerprint density at radius 2 is 0.875 bits per heavy atom. The van der Waals surface area contributed by atoms with Gasteiger partial charge < -0.3 is 14.5 Å². The van der Waals surface area contributed by atoms with Crippen LogP contribution < -0.4 is 14.5 Å². The summed E-state index contributed by atoms with van der Waals surface area (Å²) in [5, 5.41) is 2.24. The maximum absolute atomic E-state index is 7.02. The van der Waals surface area contributed by atoms with Gasteiger partial charge in [-0.05, 0) is 122 Å². The Bertz CT molecular complexity index is 3320. The molecular formula is C61H44N2O. The molecule has 0 radical (unpaired) electrons. The fourth-order valence-electron chi connectivity index (χ4n) is 10.2. The predicted octanol–water partition coefficient (Wildman–Crippen LogP) is 17.2.